The summed E-state index contributed by atoms with van der Waals surface area (Å²) in [5.41, 5.74) is -0.621. The molecule has 0 saturated carbocycles. The van der Waals surface area contributed by atoms with Gasteiger partial charge in [-0.2, -0.15) is 18.3 Å². The molecule has 0 aliphatic carbocycles. The van der Waals surface area contributed by atoms with E-state index in [1.165, 1.54) is 11.6 Å². The second-order valence-electron chi connectivity index (χ2n) is 5.16. The Hall–Kier alpha value is -1.09. The van der Waals surface area contributed by atoms with Gasteiger partial charge in [-0.1, -0.05) is 0 Å². The molecule has 0 bridgehead atoms. The average Bonchev–Trinajstić information content (AvgIpc) is 3.04. The number of rotatable bonds is 5. The Morgan fingerprint density at radius 1 is 1.55 bits per heavy atom. The molecule has 1 atom stereocenters. The van der Waals surface area contributed by atoms with E-state index in [0.717, 1.165) is 12.8 Å². The highest BCUT2D eigenvalue weighted by Crippen LogP contribution is 2.35. The number of carbonyl (C=O) groups excluding carboxylic acids is 1. The smallest absolute Gasteiger partial charge is 0.376 e. The Morgan fingerprint density at radius 3 is 2.82 bits per heavy atom. The molecule has 1 amide bonds. The molecule has 1 unspecified atom stereocenters. The van der Waals surface area contributed by atoms with E-state index in [1.807, 2.05) is 0 Å². The number of hydrogen-bond acceptors (Lipinski definition) is 3. The van der Waals surface area contributed by atoms with E-state index in [2.05, 4.69) is 26.3 Å². The van der Waals surface area contributed by atoms with E-state index >= 15 is 0 Å². The van der Waals surface area contributed by atoms with Crippen LogP contribution in [0, 0.1) is 6.92 Å². The molecule has 1 fully saturated rings. The van der Waals surface area contributed by atoms with Gasteiger partial charge in [-0.3, -0.25) is 9.48 Å². The van der Waals surface area contributed by atoms with Crippen LogP contribution in [-0.2, 0) is 22.3 Å². The first-order valence-corrected chi connectivity index (χ1v) is 7.76. The van der Waals surface area contributed by atoms with Gasteiger partial charge in [0.2, 0.25) is 5.91 Å². The molecule has 124 valence electrons. The van der Waals surface area contributed by atoms with Gasteiger partial charge in [0, 0.05) is 19.6 Å². The predicted octanol–water partition coefficient (Wildman–Crippen LogP) is 2.66. The summed E-state index contributed by atoms with van der Waals surface area (Å²) < 4.78 is 44.7. The number of alkyl halides is 3. The molecule has 22 heavy (non-hydrogen) atoms. The lowest BCUT2D eigenvalue weighted by Gasteiger charge is -2.11. The van der Waals surface area contributed by atoms with Gasteiger partial charge in [0.15, 0.2) is 5.69 Å². The van der Waals surface area contributed by atoms with Crippen LogP contribution in [0.15, 0.2) is 4.47 Å². The SMILES string of the molecule is Cc1c(Br)c(C(F)(F)F)nn1CCC(=O)NCC1CCCO1. The second-order valence-corrected chi connectivity index (χ2v) is 5.95. The summed E-state index contributed by atoms with van der Waals surface area (Å²) in [6, 6.07) is 0. The lowest BCUT2D eigenvalue weighted by Crippen LogP contribution is -2.32. The summed E-state index contributed by atoms with van der Waals surface area (Å²) in [5, 5.41) is 6.26. The fourth-order valence-corrected chi connectivity index (χ4v) is 2.76. The molecule has 1 saturated heterocycles. The monoisotopic (exact) mass is 383 g/mol. The molecule has 1 N–H and O–H groups in total. The largest absolute Gasteiger partial charge is 0.436 e. The van der Waals surface area contributed by atoms with Crippen molar-refractivity contribution in [1.82, 2.24) is 15.1 Å². The van der Waals surface area contributed by atoms with Gasteiger partial charge in [0.05, 0.1) is 22.8 Å². The van der Waals surface area contributed by atoms with Crippen molar-refractivity contribution in [3.63, 3.8) is 0 Å². The summed E-state index contributed by atoms with van der Waals surface area (Å²) in [4.78, 5) is 11.7. The van der Waals surface area contributed by atoms with Crippen molar-refractivity contribution in [1.29, 1.82) is 0 Å². The molecule has 2 rings (SSSR count). The first-order chi connectivity index (χ1) is 10.3. The van der Waals surface area contributed by atoms with E-state index in [4.69, 9.17) is 4.74 Å². The summed E-state index contributed by atoms with van der Waals surface area (Å²) in [5.74, 6) is -0.227. The lowest BCUT2D eigenvalue weighted by molar-refractivity contribution is -0.142. The first kappa shape index (κ1) is 17.3. The Morgan fingerprint density at radius 2 is 2.27 bits per heavy atom. The number of nitrogens with one attached hydrogen (secondary N) is 1. The summed E-state index contributed by atoms with van der Waals surface area (Å²) in [6.07, 6.45) is -2.50. The maximum absolute atomic E-state index is 12.7. The van der Waals surface area contributed by atoms with Crippen LogP contribution < -0.4 is 5.32 Å². The van der Waals surface area contributed by atoms with Gasteiger partial charge in [-0.05, 0) is 35.7 Å². The van der Waals surface area contributed by atoms with Crippen LogP contribution >= 0.6 is 15.9 Å². The number of amides is 1. The number of aromatic nitrogens is 2. The highest BCUT2D eigenvalue weighted by Gasteiger charge is 2.37. The van der Waals surface area contributed by atoms with E-state index in [0.29, 0.717) is 18.8 Å². The van der Waals surface area contributed by atoms with Crippen LogP contribution in [-0.4, -0.2) is 34.9 Å². The van der Waals surface area contributed by atoms with Crippen molar-refractivity contribution < 1.29 is 22.7 Å². The zero-order valence-electron chi connectivity index (χ0n) is 12.0. The van der Waals surface area contributed by atoms with Gasteiger partial charge in [-0.15, -0.1) is 0 Å². The molecule has 1 aliphatic rings. The van der Waals surface area contributed by atoms with E-state index < -0.39 is 11.9 Å². The molecule has 0 aromatic carbocycles. The zero-order valence-corrected chi connectivity index (χ0v) is 13.6. The third kappa shape index (κ3) is 4.22. The normalized spacial score (nSPS) is 18.7. The van der Waals surface area contributed by atoms with Crippen molar-refractivity contribution in [3.8, 4) is 0 Å². The Balaban J connectivity index is 1.87. The van der Waals surface area contributed by atoms with E-state index in [1.54, 1.807) is 0 Å². The molecule has 2 heterocycles. The minimum absolute atomic E-state index is 0.0429. The maximum atomic E-state index is 12.7. The molecule has 1 aromatic heterocycles. The molecule has 0 spiro atoms. The maximum Gasteiger partial charge on any atom is 0.436 e. The van der Waals surface area contributed by atoms with Crippen molar-refractivity contribution in [2.45, 2.75) is 45.0 Å². The lowest BCUT2D eigenvalue weighted by atomic mass is 10.2. The summed E-state index contributed by atoms with van der Waals surface area (Å²) in [7, 11) is 0. The number of aryl methyl sites for hydroxylation is 1. The minimum atomic E-state index is -4.52. The van der Waals surface area contributed by atoms with Gasteiger partial charge in [0.1, 0.15) is 0 Å². The van der Waals surface area contributed by atoms with Crippen LogP contribution in [0.2, 0.25) is 0 Å². The first-order valence-electron chi connectivity index (χ1n) is 6.97. The van der Waals surface area contributed by atoms with Crippen LogP contribution in [0.25, 0.3) is 0 Å². The topological polar surface area (TPSA) is 56.2 Å². The molecule has 5 nitrogen and oxygen atoms in total. The van der Waals surface area contributed by atoms with Crippen LogP contribution in [0.1, 0.15) is 30.7 Å². The number of halogens is 4. The van der Waals surface area contributed by atoms with Crippen molar-refractivity contribution in [2.24, 2.45) is 0 Å². The number of ether oxygens (including phenoxy) is 1. The summed E-state index contributed by atoms with van der Waals surface area (Å²) in [6.45, 7) is 2.77. The van der Waals surface area contributed by atoms with Gasteiger partial charge >= 0.3 is 6.18 Å². The molecular formula is C13H17BrF3N3O2. The Kier molecular flexibility index (Phi) is 5.49. The quantitative estimate of drug-likeness (QED) is 0.850. The van der Waals surface area contributed by atoms with Crippen molar-refractivity contribution in [2.75, 3.05) is 13.2 Å². The fourth-order valence-electron chi connectivity index (χ4n) is 2.25. The third-order valence-electron chi connectivity index (χ3n) is 3.50. The van der Waals surface area contributed by atoms with Crippen LogP contribution in [0.4, 0.5) is 13.2 Å². The van der Waals surface area contributed by atoms with Gasteiger partial charge in [-0.25, -0.2) is 0 Å². The third-order valence-corrected chi connectivity index (χ3v) is 4.45. The predicted molar refractivity (Wildman–Crippen MR) is 76.3 cm³/mol. The highest BCUT2D eigenvalue weighted by molar-refractivity contribution is 9.10. The molecule has 9 heteroatoms. The van der Waals surface area contributed by atoms with Gasteiger partial charge in [0.25, 0.3) is 0 Å². The molecule has 1 aliphatic heterocycles. The van der Waals surface area contributed by atoms with Crippen LogP contribution in [0.3, 0.4) is 0 Å². The fraction of sp³-hybridized carbons (Fsp3) is 0.692. The highest BCUT2D eigenvalue weighted by atomic mass is 79.9. The van der Waals surface area contributed by atoms with Crippen LogP contribution in [0.5, 0.6) is 0 Å². The Bertz CT molecular complexity index is 539. The number of nitrogens with zero attached hydrogens (tertiary/aromatic N) is 2. The van der Waals surface area contributed by atoms with Gasteiger partial charge < -0.3 is 10.1 Å². The summed E-state index contributed by atoms with van der Waals surface area (Å²) >= 11 is 2.90. The Labute approximate surface area is 134 Å². The average molecular weight is 384 g/mol. The molecule has 0 radical (unpaired) electrons. The second kappa shape index (κ2) is 6.99. The van der Waals surface area contributed by atoms with Crippen molar-refractivity contribution in [3.05, 3.63) is 15.9 Å². The van der Waals surface area contributed by atoms with E-state index in [-0.39, 0.29) is 29.4 Å². The molecular weight excluding hydrogens is 367 g/mol. The molecule has 1 aromatic rings. The van der Waals surface area contributed by atoms with E-state index in [9.17, 15) is 18.0 Å². The standard InChI is InChI=1S/C13H17BrF3N3O2/c1-8-11(14)12(13(15,16)17)19-20(8)5-4-10(21)18-7-9-3-2-6-22-9/h9H,2-7H2,1H3,(H,18,21). The number of carbonyl (C=O) groups is 1. The van der Waals surface area contributed by atoms with Crippen molar-refractivity contribution >= 4 is 21.8 Å². The minimum Gasteiger partial charge on any atom is -0.376 e. The number of hydrogen-bond donors (Lipinski definition) is 1. The zero-order chi connectivity index (χ0) is 16.3.